The molecule has 2 rings (SSSR count). The molecule has 0 bridgehead atoms. The van der Waals surface area contributed by atoms with Gasteiger partial charge in [-0.2, -0.15) is 12.6 Å². The lowest BCUT2D eigenvalue weighted by molar-refractivity contribution is 0.112. The average Bonchev–Trinajstić information content (AvgIpc) is 2.68. The quantitative estimate of drug-likeness (QED) is 0.427. The van der Waals surface area contributed by atoms with Crippen molar-refractivity contribution in [2.24, 2.45) is 0 Å². The Morgan fingerprint density at radius 1 is 1.47 bits per heavy atom. The number of H-pyrrole nitrogens is 1. The second-order valence-electron chi connectivity index (χ2n) is 3.08. The lowest BCUT2D eigenvalue weighted by atomic mass is 10.1. The summed E-state index contributed by atoms with van der Waals surface area (Å²) in [6.45, 7) is 0. The van der Waals surface area contributed by atoms with Gasteiger partial charge in [0, 0.05) is 28.2 Å². The van der Waals surface area contributed by atoms with Gasteiger partial charge in [0.1, 0.15) is 0 Å². The van der Waals surface area contributed by atoms with Crippen molar-refractivity contribution in [3.8, 4) is 11.8 Å². The minimum absolute atomic E-state index is 0.544. The molecule has 1 heterocycles. The zero-order chi connectivity index (χ0) is 10.7. The standard InChI is InChI=1S/C12H9NOS/c14-8-10-7-13-12-6-9(2-1-5-15)3-4-11(10)12/h3-4,6-8,13,15H,5H2. The smallest absolute Gasteiger partial charge is 0.152 e. The summed E-state index contributed by atoms with van der Waals surface area (Å²) < 4.78 is 0. The number of rotatable bonds is 1. The summed E-state index contributed by atoms with van der Waals surface area (Å²) in [5.41, 5.74) is 2.54. The van der Waals surface area contributed by atoms with Crippen molar-refractivity contribution in [3.63, 3.8) is 0 Å². The van der Waals surface area contributed by atoms with Gasteiger partial charge in [-0.25, -0.2) is 0 Å². The zero-order valence-electron chi connectivity index (χ0n) is 7.95. The van der Waals surface area contributed by atoms with Crippen molar-refractivity contribution in [3.05, 3.63) is 35.5 Å². The van der Waals surface area contributed by atoms with E-state index in [1.807, 2.05) is 18.2 Å². The molecule has 2 nitrogen and oxygen atoms in total. The van der Waals surface area contributed by atoms with Gasteiger partial charge >= 0.3 is 0 Å². The molecule has 0 fully saturated rings. The van der Waals surface area contributed by atoms with Crippen LogP contribution in [-0.2, 0) is 0 Å². The van der Waals surface area contributed by atoms with Gasteiger partial charge in [0.2, 0.25) is 0 Å². The van der Waals surface area contributed by atoms with Gasteiger partial charge in [-0.1, -0.05) is 17.9 Å². The van der Waals surface area contributed by atoms with Crippen molar-refractivity contribution < 1.29 is 4.79 Å². The van der Waals surface area contributed by atoms with Gasteiger partial charge in [-0.15, -0.1) is 0 Å². The van der Waals surface area contributed by atoms with E-state index in [-0.39, 0.29) is 0 Å². The summed E-state index contributed by atoms with van der Waals surface area (Å²) in [6.07, 6.45) is 2.55. The van der Waals surface area contributed by atoms with Crippen molar-refractivity contribution in [1.82, 2.24) is 4.98 Å². The van der Waals surface area contributed by atoms with Gasteiger partial charge < -0.3 is 4.98 Å². The lowest BCUT2D eigenvalue weighted by Crippen LogP contribution is -1.77. The molecule has 1 aromatic carbocycles. The Labute approximate surface area is 93.1 Å². The minimum atomic E-state index is 0.544. The number of hydrogen-bond donors (Lipinski definition) is 2. The molecule has 3 heteroatoms. The number of carbonyl (C=O) groups excluding carboxylic acids is 1. The maximum absolute atomic E-state index is 10.7. The normalized spacial score (nSPS) is 9.67. The van der Waals surface area contributed by atoms with Crippen molar-refractivity contribution >= 4 is 29.8 Å². The Morgan fingerprint density at radius 2 is 2.33 bits per heavy atom. The van der Waals surface area contributed by atoms with Crippen LogP contribution in [-0.4, -0.2) is 17.0 Å². The summed E-state index contributed by atoms with van der Waals surface area (Å²) in [4.78, 5) is 13.7. The molecule has 1 aromatic heterocycles. The Hall–Kier alpha value is -1.66. The van der Waals surface area contributed by atoms with E-state index in [4.69, 9.17) is 0 Å². The molecule has 0 saturated carbocycles. The number of nitrogens with one attached hydrogen (secondary N) is 1. The van der Waals surface area contributed by atoms with E-state index in [2.05, 4.69) is 29.5 Å². The van der Waals surface area contributed by atoms with E-state index in [0.717, 1.165) is 22.8 Å². The molecule has 0 aliphatic carbocycles. The van der Waals surface area contributed by atoms with Crippen LogP contribution in [0.1, 0.15) is 15.9 Å². The van der Waals surface area contributed by atoms with Crippen molar-refractivity contribution in [1.29, 1.82) is 0 Å². The largest absolute Gasteiger partial charge is 0.360 e. The molecule has 0 amide bonds. The van der Waals surface area contributed by atoms with Crippen molar-refractivity contribution in [2.75, 3.05) is 5.75 Å². The topological polar surface area (TPSA) is 32.9 Å². The summed E-state index contributed by atoms with van der Waals surface area (Å²) in [6, 6.07) is 5.73. The highest BCUT2D eigenvalue weighted by Gasteiger charge is 2.01. The highest BCUT2D eigenvalue weighted by molar-refractivity contribution is 7.80. The molecule has 0 atom stereocenters. The minimum Gasteiger partial charge on any atom is -0.360 e. The zero-order valence-corrected chi connectivity index (χ0v) is 8.84. The maximum atomic E-state index is 10.7. The number of hydrogen-bond acceptors (Lipinski definition) is 2. The van der Waals surface area contributed by atoms with Crippen molar-refractivity contribution in [2.45, 2.75) is 0 Å². The second-order valence-corrected chi connectivity index (χ2v) is 3.40. The van der Waals surface area contributed by atoms with Gasteiger partial charge in [0.05, 0.1) is 5.75 Å². The first-order chi connectivity index (χ1) is 7.35. The molecule has 15 heavy (non-hydrogen) atoms. The van der Waals surface area contributed by atoms with E-state index >= 15 is 0 Å². The van der Waals surface area contributed by atoms with Crippen LogP contribution < -0.4 is 0 Å². The second kappa shape index (κ2) is 4.24. The first kappa shape index (κ1) is 9.88. The first-order valence-corrected chi connectivity index (χ1v) is 5.14. The summed E-state index contributed by atoms with van der Waals surface area (Å²) in [7, 11) is 0. The Morgan fingerprint density at radius 3 is 3.07 bits per heavy atom. The third kappa shape index (κ3) is 1.90. The van der Waals surface area contributed by atoms with E-state index in [0.29, 0.717) is 11.3 Å². The van der Waals surface area contributed by atoms with Crippen LogP contribution >= 0.6 is 12.6 Å². The van der Waals surface area contributed by atoms with Crippen LogP contribution in [0.25, 0.3) is 10.9 Å². The summed E-state index contributed by atoms with van der Waals surface area (Å²) >= 11 is 4.02. The number of thiol groups is 1. The van der Waals surface area contributed by atoms with Crippen LogP contribution in [0.4, 0.5) is 0 Å². The molecule has 0 unspecified atom stereocenters. The molecular formula is C12H9NOS. The molecular weight excluding hydrogens is 206 g/mol. The number of aromatic amines is 1. The highest BCUT2D eigenvalue weighted by atomic mass is 32.1. The van der Waals surface area contributed by atoms with Gasteiger partial charge in [0.25, 0.3) is 0 Å². The molecule has 0 saturated heterocycles. The van der Waals surface area contributed by atoms with E-state index in [9.17, 15) is 4.79 Å². The molecule has 2 aromatic rings. The number of aromatic nitrogens is 1. The van der Waals surface area contributed by atoms with Crippen LogP contribution in [0.2, 0.25) is 0 Å². The Bertz CT molecular complexity index is 560. The predicted octanol–water partition coefficient (Wildman–Crippen LogP) is 2.26. The van der Waals surface area contributed by atoms with E-state index in [1.54, 1.807) is 6.20 Å². The fourth-order valence-electron chi connectivity index (χ4n) is 1.47. The van der Waals surface area contributed by atoms with Crippen LogP contribution in [0.5, 0.6) is 0 Å². The fraction of sp³-hybridized carbons (Fsp3) is 0.0833. The predicted molar refractivity (Wildman–Crippen MR) is 64.4 cm³/mol. The SMILES string of the molecule is O=Cc1c[nH]c2cc(C#CCS)ccc12. The maximum Gasteiger partial charge on any atom is 0.152 e. The van der Waals surface area contributed by atoms with Gasteiger partial charge in [-0.3, -0.25) is 4.79 Å². The number of benzene rings is 1. The van der Waals surface area contributed by atoms with Crippen LogP contribution in [0, 0.1) is 11.8 Å². The molecule has 0 radical (unpaired) electrons. The van der Waals surface area contributed by atoms with E-state index < -0.39 is 0 Å². The average molecular weight is 215 g/mol. The molecule has 0 spiro atoms. The van der Waals surface area contributed by atoms with E-state index in [1.165, 1.54) is 0 Å². The molecule has 74 valence electrons. The molecule has 0 aliphatic rings. The summed E-state index contributed by atoms with van der Waals surface area (Å²) in [5.74, 6) is 6.40. The number of carbonyl (C=O) groups is 1. The number of fused-ring (bicyclic) bond motifs is 1. The lowest BCUT2D eigenvalue weighted by Gasteiger charge is -1.92. The monoisotopic (exact) mass is 215 g/mol. The Kier molecular flexibility index (Phi) is 2.79. The summed E-state index contributed by atoms with van der Waals surface area (Å²) in [5, 5.41) is 0.932. The third-order valence-electron chi connectivity index (χ3n) is 2.15. The molecule has 1 N–H and O–H groups in total. The highest BCUT2D eigenvalue weighted by Crippen LogP contribution is 2.17. The Balaban J connectivity index is 2.53. The third-order valence-corrected chi connectivity index (χ3v) is 2.31. The van der Waals surface area contributed by atoms with Gasteiger partial charge in [-0.05, 0) is 12.1 Å². The first-order valence-electron chi connectivity index (χ1n) is 4.51. The number of aldehydes is 1. The molecule has 0 aliphatic heterocycles. The van der Waals surface area contributed by atoms with Crippen LogP contribution in [0.3, 0.4) is 0 Å². The van der Waals surface area contributed by atoms with Gasteiger partial charge in [0.15, 0.2) is 6.29 Å². The van der Waals surface area contributed by atoms with Crippen LogP contribution in [0.15, 0.2) is 24.4 Å². The fourth-order valence-corrected chi connectivity index (χ4v) is 1.54.